The Morgan fingerprint density at radius 2 is 2.19 bits per heavy atom. The lowest BCUT2D eigenvalue weighted by atomic mass is 10.2. The van der Waals surface area contributed by atoms with Gasteiger partial charge in [-0.3, -0.25) is 4.79 Å². The second kappa shape index (κ2) is 4.49. The first-order valence-electron chi connectivity index (χ1n) is 6.43. The van der Waals surface area contributed by atoms with Crippen LogP contribution in [0, 0.1) is 0 Å². The minimum atomic E-state index is -0.0122. The standard InChI is InChI=1S/C14H11N5OS/c15-14-16-4-9-5-19(6-11(9)18-14)13(20)8-1-2-10-12(3-8)21-7-17-10/h1-4,7H,5-6H2,(H2,15,16,18). The molecule has 3 aromatic rings. The third kappa shape index (κ3) is 2.02. The van der Waals surface area contributed by atoms with Crippen molar-refractivity contribution in [2.24, 2.45) is 0 Å². The fourth-order valence-corrected chi connectivity index (χ4v) is 3.20. The summed E-state index contributed by atoms with van der Waals surface area (Å²) in [6, 6.07) is 5.58. The molecule has 3 heterocycles. The number of rotatable bonds is 1. The highest BCUT2D eigenvalue weighted by Crippen LogP contribution is 2.25. The molecular weight excluding hydrogens is 286 g/mol. The molecule has 0 unspecified atom stereocenters. The summed E-state index contributed by atoms with van der Waals surface area (Å²) in [7, 11) is 0. The molecule has 0 spiro atoms. The monoisotopic (exact) mass is 297 g/mol. The number of carbonyl (C=O) groups excluding carboxylic acids is 1. The quantitative estimate of drug-likeness (QED) is 0.740. The van der Waals surface area contributed by atoms with Gasteiger partial charge in [0.25, 0.3) is 5.91 Å². The number of nitrogen functional groups attached to an aromatic ring is 1. The average Bonchev–Trinajstić information content (AvgIpc) is 3.11. The van der Waals surface area contributed by atoms with E-state index >= 15 is 0 Å². The number of carbonyl (C=O) groups is 1. The lowest BCUT2D eigenvalue weighted by Gasteiger charge is -2.14. The smallest absolute Gasteiger partial charge is 0.254 e. The Hall–Kier alpha value is -2.54. The number of benzene rings is 1. The number of hydrogen-bond donors (Lipinski definition) is 1. The van der Waals surface area contributed by atoms with Gasteiger partial charge in [-0.05, 0) is 18.2 Å². The van der Waals surface area contributed by atoms with Crippen molar-refractivity contribution in [2.75, 3.05) is 5.73 Å². The molecule has 2 aromatic heterocycles. The van der Waals surface area contributed by atoms with Crippen LogP contribution in [0.1, 0.15) is 21.6 Å². The van der Waals surface area contributed by atoms with Crippen LogP contribution in [0.4, 0.5) is 5.95 Å². The highest BCUT2D eigenvalue weighted by molar-refractivity contribution is 7.16. The van der Waals surface area contributed by atoms with Gasteiger partial charge in [0.2, 0.25) is 5.95 Å². The maximum atomic E-state index is 12.6. The van der Waals surface area contributed by atoms with Crippen LogP contribution in [0.2, 0.25) is 0 Å². The predicted octanol–water partition coefficient (Wildman–Crippen LogP) is 1.82. The van der Waals surface area contributed by atoms with Crippen molar-refractivity contribution in [3.8, 4) is 0 Å². The molecule has 7 heteroatoms. The Labute approximate surface area is 124 Å². The molecular formula is C14H11N5OS. The molecule has 0 radical (unpaired) electrons. The van der Waals surface area contributed by atoms with Crippen LogP contribution in [-0.2, 0) is 13.1 Å². The number of anilines is 1. The van der Waals surface area contributed by atoms with Crippen LogP contribution in [-0.4, -0.2) is 25.8 Å². The summed E-state index contributed by atoms with van der Waals surface area (Å²) in [4.78, 5) is 26.7. The third-order valence-corrected chi connectivity index (χ3v) is 4.33. The Bertz CT molecular complexity index is 859. The van der Waals surface area contributed by atoms with E-state index in [2.05, 4.69) is 15.0 Å². The second-order valence-corrected chi connectivity index (χ2v) is 5.78. The van der Waals surface area contributed by atoms with Gasteiger partial charge in [-0.2, -0.15) is 0 Å². The highest BCUT2D eigenvalue weighted by atomic mass is 32.1. The molecule has 0 atom stereocenters. The molecule has 1 aliphatic heterocycles. The number of nitrogens with zero attached hydrogens (tertiary/aromatic N) is 4. The summed E-state index contributed by atoms with van der Waals surface area (Å²) in [6.07, 6.45) is 1.69. The summed E-state index contributed by atoms with van der Waals surface area (Å²) in [5.74, 6) is 0.232. The van der Waals surface area contributed by atoms with E-state index in [1.807, 2.05) is 18.2 Å². The maximum absolute atomic E-state index is 12.6. The van der Waals surface area contributed by atoms with Crippen LogP contribution in [0.15, 0.2) is 29.9 Å². The van der Waals surface area contributed by atoms with Crippen LogP contribution < -0.4 is 5.73 Å². The third-order valence-electron chi connectivity index (χ3n) is 3.54. The topological polar surface area (TPSA) is 85.0 Å². The van der Waals surface area contributed by atoms with Crippen molar-refractivity contribution in [3.63, 3.8) is 0 Å². The van der Waals surface area contributed by atoms with Gasteiger partial charge < -0.3 is 10.6 Å². The van der Waals surface area contributed by atoms with E-state index in [-0.39, 0.29) is 11.9 Å². The Kier molecular flexibility index (Phi) is 2.61. The first-order chi connectivity index (χ1) is 10.2. The zero-order valence-corrected chi connectivity index (χ0v) is 11.8. The molecule has 1 aromatic carbocycles. The molecule has 0 fully saturated rings. The largest absolute Gasteiger partial charge is 0.368 e. The van der Waals surface area contributed by atoms with Crippen LogP contribution >= 0.6 is 11.3 Å². The molecule has 6 nitrogen and oxygen atoms in total. The average molecular weight is 297 g/mol. The molecule has 1 amide bonds. The molecule has 4 rings (SSSR count). The van der Waals surface area contributed by atoms with E-state index in [9.17, 15) is 4.79 Å². The molecule has 21 heavy (non-hydrogen) atoms. The van der Waals surface area contributed by atoms with Crippen molar-refractivity contribution < 1.29 is 4.79 Å². The summed E-state index contributed by atoms with van der Waals surface area (Å²) < 4.78 is 1.02. The highest BCUT2D eigenvalue weighted by Gasteiger charge is 2.26. The minimum absolute atomic E-state index is 0.0122. The van der Waals surface area contributed by atoms with Gasteiger partial charge in [-0.1, -0.05) is 0 Å². The molecule has 0 bridgehead atoms. The zero-order valence-electron chi connectivity index (χ0n) is 11.0. The lowest BCUT2D eigenvalue weighted by molar-refractivity contribution is 0.0750. The molecule has 104 valence electrons. The summed E-state index contributed by atoms with van der Waals surface area (Å²) in [6.45, 7) is 0.997. The molecule has 0 saturated heterocycles. The van der Waals surface area contributed by atoms with E-state index < -0.39 is 0 Å². The normalized spacial score (nSPS) is 13.6. The first kappa shape index (κ1) is 12.2. The molecule has 0 aliphatic carbocycles. The van der Waals surface area contributed by atoms with Crippen LogP contribution in [0.5, 0.6) is 0 Å². The van der Waals surface area contributed by atoms with Gasteiger partial charge in [0.15, 0.2) is 0 Å². The van der Waals surface area contributed by atoms with Crippen LogP contribution in [0.3, 0.4) is 0 Å². The van der Waals surface area contributed by atoms with Gasteiger partial charge in [0.05, 0.1) is 28.0 Å². The molecule has 0 saturated carbocycles. The van der Waals surface area contributed by atoms with Gasteiger partial charge in [-0.25, -0.2) is 15.0 Å². The number of hydrogen-bond acceptors (Lipinski definition) is 6. The summed E-state index contributed by atoms with van der Waals surface area (Å²) >= 11 is 1.53. The number of aromatic nitrogens is 3. The van der Waals surface area contributed by atoms with E-state index in [0.717, 1.165) is 21.5 Å². The zero-order chi connectivity index (χ0) is 14.4. The van der Waals surface area contributed by atoms with Gasteiger partial charge >= 0.3 is 0 Å². The summed E-state index contributed by atoms with van der Waals surface area (Å²) in [5, 5.41) is 0. The minimum Gasteiger partial charge on any atom is -0.368 e. The number of thiazole rings is 1. The number of amides is 1. The number of fused-ring (bicyclic) bond motifs is 2. The Balaban J connectivity index is 1.64. The Morgan fingerprint density at radius 1 is 1.29 bits per heavy atom. The van der Waals surface area contributed by atoms with Crippen molar-refractivity contribution >= 4 is 33.4 Å². The second-order valence-electron chi connectivity index (χ2n) is 4.90. The molecule has 1 aliphatic rings. The Morgan fingerprint density at radius 3 is 3.10 bits per heavy atom. The maximum Gasteiger partial charge on any atom is 0.254 e. The molecule has 2 N–H and O–H groups in total. The van der Waals surface area contributed by atoms with Gasteiger partial charge in [0.1, 0.15) is 0 Å². The van der Waals surface area contributed by atoms with Crippen molar-refractivity contribution in [3.05, 3.63) is 46.7 Å². The van der Waals surface area contributed by atoms with Crippen molar-refractivity contribution in [1.29, 1.82) is 0 Å². The van der Waals surface area contributed by atoms with Gasteiger partial charge in [0, 0.05) is 23.9 Å². The lowest BCUT2D eigenvalue weighted by Crippen LogP contribution is -2.25. The SMILES string of the molecule is Nc1ncc2c(n1)CN(C(=O)c1ccc3ncsc3c1)C2. The van der Waals surface area contributed by atoms with Crippen molar-refractivity contribution in [2.45, 2.75) is 13.1 Å². The van der Waals surface area contributed by atoms with Crippen LogP contribution in [0.25, 0.3) is 10.2 Å². The fraction of sp³-hybridized carbons (Fsp3) is 0.143. The predicted molar refractivity (Wildman–Crippen MR) is 79.6 cm³/mol. The first-order valence-corrected chi connectivity index (χ1v) is 7.31. The van der Waals surface area contributed by atoms with E-state index in [4.69, 9.17) is 5.73 Å². The van der Waals surface area contributed by atoms with E-state index in [0.29, 0.717) is 18.7 Å². The van der Waals surface area contributed by atoms with E-state index in [1.54, 1.807) is 16.6 Å². The van der Waals surface area contributed by atoms with Crippen molar-refractivity contribution in [1.82, 2.24) is 19.9 Å². The fourth-order valence-electron chi connectivity index (χ4n) is 2.48. The summed E-state index contributed by atoms with van der Waals surface area (Å²) in [5.41, 5.74) is 10.7. The van der Waals surface area contributed by atoms with Gasteiger partial charge in [-0.15, -0.1) is 11.3 Å². The van der Waals surface area contributed by atoms with E-state index in [1.165, 1.54) is 11.3 Å². The number of nitrogens with two attached hydrogens (primary N) is 1.